The molecule has 4 rings (SSSR count). The second kappa shape index (κ2) is 6.12. The third-order valence-corrected chi connectivity index (χ3v) is 4.96. The number of aromatic nitrogens is 3. The molecular weight excluding hydrogens is 298 g/mol. The summed E-state index contributed by atoms with van der Waals surface area (Å²) in [6, 6.07) is 4.01. The van der Waals surface area contributed by atoms with Gasteiger partial charge in [0, 0.05) is 37.8 Å². The molecule has 0 unspecified atom stereocenters. The summed E-state index contributed by atoms with van der Waals surface area (Å²) in [5.74, 6) is 0.904. The van der Waals surface area contributed by atoms with Crippen LogP contribution in [0, 0.1) is 0 Å². The van der Waals surface area contributed by atoms with Crippen LogP contribution in [0.3, 0.4) is 0 Å². The number of hydrogen-bond acceptors (Lipinski definition) is 7. The van der Waals surface area contributed by atoms with Crippen LogP contribution in [0.2, 0.25) is 0 Å². The number of nitrogens with zero attached hydrogens (tertiary/aromatic N) is 4. The van der Waals surface area contributed by atoms with Crippen molar-refractivity contribution in [3.63, 3.8) is 0 Å². The van der Waals surface area contributed by atoms with Crippen molar-refractivity contribution in [3.05, 3.63) is 24.7 Å². The van der Waals surface area contributed by atoms with Crippen LogP contribution in [-0.4, -0.2) is 59.2 Å². The molecule has 1 fully saturated rings. The summed E-state index contributed by atoms with van der Waals surface area (Å²) in [7, 11) is 0. The lowest BCUT2D eigenvalue weighted by molar-refractivity contribution is 0.0398. The third-order valence-electron chi connectivity index (χ3n) is 3.85. The first-order valence-electron chi connectivity index (χ1n) is 7.44. The molecule has 0 atom stereocenters. The fourth-order valence-corrected chi connectivity index (χ4v) is 3.76. The first-order valence-corrected chi connectivity index (χ1v) is 8.26. The predicted octanol–water partition coefficient (Wildman–Crippen LogP) is 1.98. The van der Waals surface area contributed by atoms with Gasteiger partial charge in [-0.3, -0.25) is 4.90 Å². The van der Waals surface area contributed by atoms with Gasteiger partial charge in [-0.1, -0.05) is 0 Å². The molecule has 1 N–H and O–H groups in total. The van der Waals surface area contributed by atoms with E-state index in [-0.39, 0.29) is 0 Å². The van der Waals surface area contributed by atoms with Gasteiger partial charge >= 0.3 is 0 Å². The minimum absolute atomic E-state index is 0.833. The zero-order chi connectivity index (χ0) is 14.8. The molecule has 114 valence electrons. The Morgan fingerprint density at radius 2 is 2.14 bits per heavy atom. The van der Waals surface area contributed by atoms with Crippen LogP contribution in [0.15, 0.2) is 24.7 Å². The summed E-state index contributed by atoms with van der Waals surface area (Å²) in [4.78, 5) is 16.6. The van der Waals surface area contributed by atoms with E-state index in [1.54, 1.807) is 17.7 Å². The summed E-state index contributed by atoms with van der Waals surface area (Å²) in [6.07, 6.45) is 3.44. The third kappa shape index (κ3) is 2.63. The average Bonchev–Trinajstić information content (AvgIpc) is 2.96. The van der Waals surface area contributed by atoms with Crippen LogP contribution >= 0.6 is 11.3 Å². The van der Waals surface area contributed by atoms with E-state index in [9.17, 15) is 0 Å². The van der Waals surface area contributed by atoms with Gasteiger partial charge in [0.15, 0.2) is 0 Å². The highest BCUT2D eigenvalue weighted by atomic mass is 32.1. The van der Waals surface area contributed by atoms with Crippen LogP contribution in [0.5, 0.6) is 0 Å². The monoisotopic (exact) mass is 315 g/mol. The van der Waals surface area contributed by atoms with Crippen molar-refractivity contribution in [2.45, 2.75) is 0 Å². The number of fused-ring (bicyclic) bond motifs is 3. The Morgan fingerprint density at radius 1 is 1.23 bits per heavy atom. The molecule has 0 aromatic carbocycles. The van der Waals surface area contributed by atoms with E-state index >= 15 is 0 Å². The molecule has 4 heterocycles. The van der Waals surface area contributed by atoms with Gasteiger partial charge in [-0.2, -0.15) is 0 Å². The first kappa shape index (κ1) is 13.8. The van der Waals surface area contributed by atoms with Crippen molar-refractivity contribution in [1.29, 1.82) is 0 Å². The first-order chi connectivity index (χ1) is 10.9. The topological polar surface area (TPSA) is 63.2 Å². The largest absolute Gasteiger partial charge is 0.379 e. The summed E-state index contributed by atoms with van der Waals surface area (Å²) in [5.41, 5.74) is 0.983. The highest BCUT2D eigenvalue weighted by Gasteiger charge is 2.13. The van der Waals surface area contributed by atoms with E-state index in [1.807, 2.05) is 12.3 Å². The molecule has 0 radical (unpaired) electrons. The molecule has 3 aromatic heterocycles. The number of anilines is 1. The van der Waals surface area contributed by atoms with Crippen molar-refractivity contribution < 1.29 is 4.74 Å². The molecule has 3 aromatic rings. The molecule has 22 heavy (non-hydrogen) atoms. The fraction of sp³-hybridized carbons (Fsp3) is 0.400. The lowest BCUT2D eigenvalue weighted by atomic mass is 10.3. The maximum absolute atomic E-state index is 5.37. The van der Waals surface area contributed by atoms with Crippen molar-refractivity contribution >= 4 is 37.6 Å². The lowest BCUT2D eigenvalue weighted by Crippen LogP contribution is -2.39. The van der Waals surface area contributed by atoms with Gasteiger partial charge in [-0.15, -0.1) is 11.3 Å². The van der Waals surface area contributed by atoms with Crippen LogP contribution in [-0.2, 0) is 4.74 Å². The molecule has 7 heteroatoms. The Kier molecular flexibility index (Phi) is 3.84. The predicted molar refractivity (Wildman–Crippen MR) is 88.5 cm³/mol. The van der Waals surface area contributed by atoms with Crippen LogP contribution in [0.4, 0.5) is 5.82 Å². The molecule has 1 aliphatic rings. The Balaban J connectivity index is 1.53. The number of nitrogens with one attached hydrogen (secondary N) is 1. The van der Waals surface area contributed by atoms with E-state index in [0.717, 1.165) is 65.6 Å². The van der Waals surface area contributed by atoms with E-state index in [4.69, 9.17) is 4.74 Å². The summed E-state index contributed by atoms with van der Waals surface area (Å²) in [6.45, 7) is 5.55. The number of hydrogen-bond donors (Lipinski definition) is 1. The molecule has 0 aliphatic carbocycles. The van der Waals surface area contributed by atoms with E-state index in [2.05, 4.69) is 31.2 Å². The molecule has 6 nitrogen and oxygen atoms in total. The average molecular weight is 315 g/mol. The summed E-state index contributed by atoms with van der Waals surface area (Å²) >= 11 is 1.64. The number of morpholine rings is 1. The number of thiophene rings is 1. The van der Waals surface area contributed by atoms with E-state index in [1.165, 1.54) is 0 Å². The van der Waals surface area contributed by atoms with Gasteiger partial charge < -0.3 is 10.1 Å². The van der Waals surface area contributed by atoms with E-state index < -0.39 is 0 Å². The number of pyridine rings is 1. The highest BCUT2D eigenvalue weighted by molar-refractivity contribution is 7.25. The van der Waals surface area contributed by atoms with E-state index in [0.29, 0.717) is 0 Å². The normalized spacial score (nSPS) is 16.4. The Morgan fingerprint density at radius 3 is 3.05 bits per heavy atom. The maximum atomic E-state index is 5.37. The van der Waals surface area contributed by atoms with Crippen LogP contribution in [0.1, 0.15) is 0 Å². The zero-order valence-electron chi connectivity index (χ0n) is 12.2. The standard InChI is InChI=1S/C15H17N5OS/c1-2-11-12-13(22-15(11)17-3-1)14(19-10-18-12)16-4-5-20-6-8-21-9-7-20/h1-3,10H,4-9H2,(H,16,18,19). The highest BCUT2D eigenvalue weighted by Crippen LogP contribution is 2.34. The van der Waals surface area contributed by atoms with Gasteiger partial charge in [-0.05, 0) is 12.1 Å². The van der Waals surface area contributed by atoms with Gasteiger partial charge in [0.25, 0.3) is 0 Å². The smallest absolute Gasteiger partial charge is 0.147 e. The zero-order valence-corrected chi connectivity index (χ0v) is 13.0. The minimum Gasteiger partial charge on any atom is -0.379 e. The van der Waals surface area contributed by atoms with Crippen molar-refractivity contribution in [2.75, 3.05) is 44.7 Å². The molecule has 0 amide bonds. The Labute approximate surface area is 132 Å². The molecule has 0 bridgehead atoms. The number of ether oxygens (including phenoxy) is 1. The van der Waals surface area contributed by atoms with Gasteiger partial charge in [-0.25, -0.2) is 15.0 Å². The quantitative estimate of drug-likeness (QED) is 0.794. The SMILES string of the molecule is c1cnc2sc3c(NCCN4CCOCC4)ncnc3c2c1. The molecule has 0 saturated carbocycles. The lowest BCUT2D eigenvalue weighted by Gasteiger charge is -2.26. The van der Waals surface area contributed by atoms with Gasteiger partial charge in [0.05, 0.1) is 23.4 Å². The van der Waals surface area contributed by atoms with Crippen molar-refractivity contribution in [3.8, 4) is 0 Å². The Hall–Kier alpha value is -1.83. The molecular formula is C15H17N5OS. The fourth-order valence-electron chi connectivity index (χ4n) is 2.69. The van der Waals surface area contributed by atoms with Gasteiger partial charge in [0.1, 0.15) is 17.0 Å². The minimum atomic E-state index is 0.833. The van der Waals surface area contributed by atoms with Gasteiger partial charge in [0.2, 0.25) is 0 Å². The van der Waals surface area contributed by atoms with Crippen LogP contribution in [0.25, 0.3) is 20.4 Å². The molecule has 0 spiro atoms. The molecule has 1 saturated heterocycles. The van der Waals surface area contributed by atoms with Crippen molar-refractivity contribution in [2.24, 2.45) is 0 Å². The van der Waals surface area contributed by atoms with Crippen LogP contribution < -0.4 is 5.32 Å². The second-order valence-corrected chi connectivity index (χ2v) is 6.24. The van der Waals surface area contributed by atoms with Crippen molar-refractivity contribution in [1.82, 2.24) is 19.9 Å². The second-order valence-electron chi connectivity index (χ2n) is 5.24. The maximum Gasteiger partial charge on any atom is 0.147 e. The number of rotatable bonds is 4. The molecule has 1 aliphatic heterocycles. The summed E-state index contributed by atoms with van der Waals surface area (Å²) in [5, 5.41) is 4.54. The summed E-state index contributed by atoms with van der Waals surface area (Å²) < 4.78 is 6.45. The Bertz CT molecular complexity index is 784.